The molecule has 1 heterocycles. The third-order valence-corrected chi connectivity index (χ3v) is 2.93. The fraction of sp³-hybridized carbons (Fsp3) is 0.333. The van der Waals surface area contributed by atoms with Gasteiger partial charge in [0.2, 0.25) is 0 Å². The van der Waals surface area contributed by atoms with Crippen LogP contribution in [0.3, 0.4) is 0 Å². The van der Waals surface area contributed by atoms with Gasteiger partial charge in [-0.1, -0.05) is 37.3 Å². The molecule has 1 aromatic carbocycles. The summed E-state index contributed by atoms with van der Waals surface area (Å²) in [5, 5.41) is 3.52. The zero-order valence-electron chi connectivity index (χ0n) is 10.4. The normalized spacial score (nSPS) is 12.6. The van der Waals surface area contributed by atoms with Gasteiger partial charge in [0.25, 0.3) is 0 Å². The van der Waals surface area contributed by atoms with E-state index in [1.165, 1.54) is 5.56 Å². The van der Waals surface area contributed by atoms with Crippen LogP contribution in [-0.2, 0) is 6.54 Å². The summed E-state index contributed by atoms with van der Waals surface area (Å²) < 4.78 is 5.55. The lowest BCUT2D eigenvalue weighted by atomic mass is 10.0. The predicted octanol–water partition coefficient (Wildman–Crippen LogP) is 3.83. The molecule has 0 aliphatic carbocycles. The Hall–Kier alpha value is -1.54. The standard InChI is InChI=1S/C15H19NO/c1-3-15(13-7-5-4-6-8-13)16-11-14-10-9-12(2)17-14/h4-10,15-16H,3,11H2,1-2H3. The molecule has 0 aliphatic heterocycles. The van der Waals surface area contributed by atoms with Crippen LogP contribution in [0.15, 0.2) is 46.9 Å². The van der Waals surface area contributed by atoms with E-state index >= 15 is 0 Å². The molecule has 2 aromatic rings. The SMILES string of the molecule is CCC(NCc1ccc(C)o1)c1ccccc1. The van der Waals surface area contributed by atoms with Crippen LogP contribution >= 0.6 is 0 Å². The molecule has 1 aromatic heterocycles. The highest BCUT2D eigenvalue weighted by atomic mass is 16.3. The van der Waals surface area contributed by atoms with Crippen LogP contribution in [0, 0.1) is 6.92 Å². The summed E-state index contributed by atoms with van der Waals surface area (Å²) in [6.45, 7) is 4.94. The summed E-state index contributed by atoms with van der Waals surface area (Å²) in [7, 11) is 0. The molecule has 17 heavy (non-hydrogen) atoms. The van der Waals surface area contributed by atoms with Crippen LogP contribution in [0.2, 0.25) is 0 Å². The van der Waals surface area contributed by atoms with Crippen LogP contribution in [0.25, 0.3) is 0 Å². The van der Waals surface area contributed by atoms with Crippen molar-refractivity contribution in [2.24, 2.45) is 0 Å². The van der Waals surface area contributed by atoms with Gasteiger partial charge in [-0.15, -0.1) is 0 Å². The third kappa shape index (κ3) is 3.21. The van der Waals surface area contributed by atoms with Crippen LogP contribution in [-0.4, -0.2) is 0 Å². The summed E-state index contributed by atoms with van der Waals surface area (Å²) in [6.07, 6.45) is 1.07. The highest BCUT2D eigenvalue weighted by molar-refractivity contribution is 5.19. The van der Waals surface area contributed by atoms with E-state index in [1.54, 1.807) is 0 Å². The first-order valence-electron chi connectivity index (χ1n) is 6.13. The summed E-state index contributed by atoms with van der Waals surface area (Å²) in [5.74, 6) is 1.96. The average Bonchev–Trinajstić information content (AvgIpc) is 2.77. The third-order valence-electron chi connectivity index (χ3n) is 2.93. The second kappa shape index (κ2) is 5.69. The predicted molar refractivity (Wildman–Crippen MR) is 69.8 cm³/mol. The van der Waals surface area contributed by atoms with Gasteiger partial charge >= 0.3 is 0 Å². The molecule has 0 radical (unpaired) electrons. The maximum atomic E-state index is 5.55. The minimum absolute atomic E-state index is 0.390. The molecule has 90 valence electrons. The zero-order chi connectivity index (χ0) is 12.1. The number of furan rings is 1. The molecule has 0 saturated carbocycles. The van der Waals surface area contributed by atoms with E-state index in [0.717, 1.165) is 24.5 Å². The molecule has 2 heteroatoms. The Kier molecular flexibility index (Phi) is 3.99. The van der Waals surface area contributed by atoms with E-state index in [4.69, 9.17) is 4.42 Å². The molecule has 2 nitrogen and oxygen atoms in total. The first kappa shape index (κ1) is 11.9. The van der Waals surface area contributed by atoms with Gasteiger partial charge in [0.05, 0.1) is 6.54 Å². The van der Waals surface area contributed by atoms with Crippen molar-refractivity contribution in [3.63, 3.8) is 0 Å². The van der Waals surface area contributed by atoms with Gasteiger partial charge in [0, 0.05) is 6.04 Å². The van der Waals surface area contributed by atoms with Gasteiger partial charge in [-0.3, -0.25) is 0 Å². The molecule has 0 bridgehead atoms. The molecule has 1 N–H and O–H groups in total. The van der Waals surface area contributed by atoms with Gasteiger partial charge in [0.15, 0.2) is 0 Å². The van der Waals surface area contributed by atoms with E-state index in [1.807, 2.05) is 25.1 Å². The second-order valence-electron chi connectivity index (χ2n) is 4.26. The number of benzene rings is 1. The van der Waals surface area contributed by atoms with Crippen molar-refractivity contribution in [2.75, 3.05) is 0 Å². The number of aryl methyl sites for hydroxylation is 1. The van der Waals surface area contributed by atoms with Crippen molar-refractivity contribution in [3.8, 4) is 0 Å². The average molecular weight is 229 g/mol. The lowest BCUT2D eigenvalue weighted by Gasteiger charge is -2.16. The van der Waals surface area contributed by atoms with E-state index < -0.39 is 0 Å². The summed E-state index contributed by atoms with van der Waals surface area (Å²) in [6, 6.07) is 14.9. The Labute approximate surface area is 103 Å². The first-order chi connectivity index (χ1) is 8.29. The molecule has 0 saturated heterocycles. The van der Waals surface area contributed by atoms with Crippen molar-refractivity contribution < 1.29 is 4.42 Å². The maximum Gasteiger partial charge on any atom is 0.117 e. The van der Waals surface area contributed by atoms with Crippen LogP contribution in [0.4, 0.5) is 0 Å². The first-order valence-corrected chi connectivity index (χ1v) is 6.13. The number of hydrogen-bond acceptors (Lipinski definition) is 2. The fourth-order valence-corrected chi connectivity index (χ4v) is 1.99. The second-order valence-corrected chi connectivity index (χ2v) is 4.26. The largest absolute Gasteiger partial charge is 0.465 e. The number of hydrogen-bond donors (Lipinski definition) is 1. The molecule has 1 unspecified atom stereocenters. The molecule has 0 amide bonds. The van der Waals surface area contributed by atoms with Gasteiger partial charge in [0.1, 0.15) is 11.5 Å². The molecule has 0 aliphatic rings. The Balaban J connectivity index is 1.97. The monoisotopic (exact) mass is 229 g/mol. The fourth-order valence-electron chi connectivity index (χ4n) is 1.99. The number of nitrogens with one attached hydrogen (secondary N) is 1. The van der Waals surface area contributed by atoms with Crippen molar-refractivity contribution in [1.82, 2.24) is 5.32 Å². The molecule has 0 spiro atoms. The van der Waals surface area contributed by atoms with Crippen LogP contribution in [0.1, 0.15) is 36.5 Å². The van der Waals surface area contributed by atoms with Gasteiger partial charge in [-0.2, -0.15) is 0 Å². The van der Waals surface area contributed by atoms with E-state index in [0.29, 0.717) is 6.04 Å². The van der Waals surface area contributed by atoms with E-state index in [2.05, 4.69) is 36.5 Å². The quantitative estimate of drug-likeness (QED) is 0.843. The molecule has 0 fully saturated rings. The minimum atomic E-state index is 0.390. The van der Waals surface area contributed by atoms with Gasteiger partial charge < -0.3 is 9.73 Å². The molecule has 2 rings (SSSR count). The number of rotatable bonds is 5. The smallest absolute Gasteiger partial charge is 0.117 e. The van der Waals surface area contributed by atoms with Crippen molar-refractivity contribution in [1.29, 1.82) is 0 Å². The molecular formula is C15H19NO. The molecular weight excluding hydrogens is 210 g/mol. The van der Waals surface area contributed by atoms with Crippen LogP contribution in [0.5, 0.6) is 0 Å². The lowest BCUT2D eigenvalue weighted by Crippen LogP contribution is -2.19. The highest BCUT2D eigenvalue weighted by Crippen LogP contribution is 2.17. The minimum Gasteiger partial charge on any atom is -0.465 e. The topological polar surface area (TPSA) is 25.2 Å². The maximum absolute atomic E-state index is 5.55. The van der Waals surface area contributed by atoms with Crippen molar-refractivity contribution >= 4 is 0 Å². The Morgan fingerprint density at radius 1 is 1.12 bits per heavy atom. The zero-order valence-corrected chi connectivity index (χ0v) is 10.4. The Morgan fingerprint density at radius 3 is 2.47 bits per heavy atom. The summed E-state index contributed by atoms with van der Waals surface area (Å²) >= 11 is 0. The van der Waals surface area contributed by atoms with Crippen LogP contribution < -0.4 is 5.32 Å². The Morgan fingerprint density at radius 2 is 1.88 bits per heavy atom. The summed E-state index contributed by atoms with van der Waals surface area (Å²) in [5.41, 5.74) is 1.33. The van der Waals surface area contributed by atoms with Crippen molar-refractivity contribution in [3.05, 3.63) is 59.5 Å². The molecule has 1 atom stereocenters. The van der Waals surface area contributed by atoms with Gasteiger partial charge in [-0.25, -0.2) is 0 Å². The lowest BCUT2D eigenvalue weighted by molar-refractivity contribution is 0.431. The summed E-state index contributed by atoms with van der Waals surface area (Å²) in [4.78, 5) is 0. The highest BCUT2D eigenvalue weighted by Gasteiger charge is 2.08. The van der Waals surface area contributed by atoms with E-state index in [9.17, 15) is 0 Å². The Bertz CT molecular complexity index is 447. The van der Waals surface area contributed by atoms with E-state index in [-0.39, 0.29) is 0 Å². The van der Waals surface area contributed by atoms with Gasteiger partial charge in [-0.05, 0) is 31.0 Å². The van der Waals surface area contributed by atoms with Crippen molar-refractivity contribution in [2.45, 2.75) is 32.9 Å².